The Morgan fingerprint density at radius 3 is 2.16 bits per heavy atom. The van der Waals surface area contributed by atoms with Crippen LogP contribution in [0.1, 0.15) is 17.1 Å². The fourth-order valence-corrected chi connectivity index (χ4v) is 2.65. The zero-order valence-corrected chi connectivity index (χ0v) is 14.6. The lowest BCUT2D eigenvalue weighted by Crippen LogP contribution is -2.11. The minimum absolute atomic E-state index is 0.00963. The van der Waals surface area contributed by atoms with E-state index in [2.05, 4.69) is 17.4 Å². The molecule has 3 rings (SSSR count). The number of methoxy groups -OCH3 is 1. The molecule has 0 atom stereocenters. The van der Waals surface area contributed by atoms with Gasteiger partial charge in [0.25, 0.3) is 0 Å². The lowest BCUT2D eigenvalue weighted by Gasteiger charge is -2.10. The zero-order chi connectivity index (χ0) is 17.8. The van der Waals surface area contributed by atoms with Gasteiger partial charge in [-0.3, -0.25) is 4.79 Å². The minimum atomic E-state index is 0.00963. The molecule has 0 aliphatic heterocycles. The second-order valence-corrected chi connectivity index (χ2v) is 5.93. The molecule has 3 aromatic rings. The fraction of sp³-hybridized carbons (Fsp3) is 0.190. The number of nitrogens with one attached hydrogen (secondary N) is 1. The Hall–Kier alpha value is -3.01. The highest BCUT2D eigenvalue weighted by Gasteiger charge is 2.06. The van der Waals surface area contributed by atoms with Crippen molar-refractivity contribution in [3.63, 3.8) is 0 Å². The quantitative estimate of drug-likeness (QED) is 0.743. The van der Waals surface area contributed by atoms with Crippen LogP contribution in [-0.4, -0.2) is 7.11 Å². The van der Waals surface area contributed by atoms with E-state index in [1.165, 1.54) is 6.07 Å². The first-order chi connectivity index (χ1) is 12.1. The summed E-state index contributed by atoms with van der Waals surface area (Å²) in [5, 5.41) is 3.30. The second-order valence-electron chi connectivity index (χ2n) is 5.93. The molecule has 0 saturated carbocycles. The highest BCUT2D eigenvalue weighted by molar-refractivity contribution is 5.66. The Labute approximate surface area is 147 Å². The van der Waals surface area contributed by atoms with Gasteiger partial charge in [-0.15, -0.1) is 0 Å². The maximum atomic E-state index is 11.8. The number of rotatable bonds is 5. The van der Waals surface area contributed by atoms with Crippen LogP contribution in [0.4, 0.5) is 5.69 Å². The van der Waals surface area contributed by atoms with Crippen LogP contribution in [0.25, 0.3) is 11.1 Å². The van der Waals surface area contributed by atoms with Gasteiger partial charge in [0.15, 0.2) is 5.43 Å². The highest BCUT2D eigenvalue weighted by Crippen LogP contribution is 2.24. The molecule has 1 aromatic heterocycles. The number of hydrogen-bond acceptors (Lipinski definition) is 4. The first kappa shape index (κ1) is 16.8. The van der Waals surface area contributed by atoms with Gasteiger partial charge in [0.2, 0.25) is 0 Å². The first-order valence-corrected chi connectivity index (χ1v) is 8.15. The van der Waals surface area contributed by atoms with Crippen LogP contribution in [-0.2, 0) is 6.54 Å². The average molecular weight is 335 g/mol. The maximum Gasteiger partial charge on any atom is 0.188 e. The molecule has 0 bridgehead atoms. The summed E-state index contributed by atoms with van der Waals surface area (Å²) in [6, 6.07) is 17.6. The molecule has 0 aliphatic rings. The van der Waals surface area contributed by atoms with Crippen molar-refractivity contribution in [2.45, 2.75) is 20.4 Å². The standard InChI is InChI=1S/C21H21NO3/c1-14-12-20(23)15(2)21(25-14)13-22-18-8-4-16(5-9-18)17-6-10-19(24-3)11-7-17/h4-12,22H,13H2,1-3H3. The Bertz CT molecular complexity index is 909. The van der Waals surface area contributed by atoms with E-state index in [4.69, 9.17) is 9.15 Å². The summed E-state index contributed by atoms with van der Waals surface area (Å²) in [5.41, 5.74) is 3.89. The number of aryl methyl sites for hydroxylation is 1. The third-order valence-corrected chi connectivity index (χ3v) is 4.17. The molecular formula is C21H21NO3. The van der Waals surface area contributed by atoms with Crippen molar-refractivity contribution in [2.75, 3.05) is 12.4 Å². The number of ether oxygens (including phenoxy) is 1. The molecule has 0 amide bonds. The van der Waals surface area contributed by atoms with E-state index < -0.39 is 0 Å². The molecule has 4 heteroatoms. The molecule has 25 heavy (non-hydrogen) atoms. The third kappa shape index (κ3) is 3.91. The van der Waals surface area contributed by atoms with Crippen molar-refractivity contribution in [3.8, 4) is 16.9 Å². The fourth-order valence-electron chi connectivity index (χ4n) is 2.65. The van der Waals surface area contributed by atoms with E-state index in [1.807, 2.05) is 36.4 Å². The van der Waals surface area contributed by atoms with Crippen molar-refractivity contribution in [1.82, 2.24) is 0 Å². The van der Waals surface area contributed by atoms with E-state index in [0.29, 0.717) is 23.6 Å². The Morgan fingerprint density at radius 2 is 1.56 bits per heavy atom. The van der Waals surface area contributed by atoms with Crippen LogP contribution in [0.15, 0.2) is 63.8 Å². The molecule has 4 nitrogen and oxygen atoms in total. The van der Waals surface area contributed by atoms with Gasteiger partial charge in [-0.1, -0.05) is 24.3 Å². The molecule has 1 N–H and O–H groups in total. The second kappa shape index (κ2) is 7.26. The van der Waals surface area contributed by atoms with E-state index in [9.17, 15) is 4.79 Å². The van der Waals surface area contributed by atoms with Gasteiger partial charge in [0.05, 0.1) is 13.7 Å². The molecule has 1 heterocycles. The monoisotopic (exact) mass is 335 g/mol. The lowest BCUT2D eigenvalue weighted by molar-refractivity contribution is 0.415. The van der Waals surface area contributed by atoms with E-state index in [1.54, 1.807) is 21.0 Å². The van der Waals surface area contributed by atoms with E-state index in [0.717, 1.165) is 22.6 Å². The van der Waals surface area contributed by atoms with E-state index >= 15 is 0 Å². The summed E-state index contributed by atoms with van der Waals surface area (Å²) in [4.78, 5) is 11.8. The normalized spacial score (nSPS) is 10.5. The molecule has 2 aromatic carbocycles. The predicted molar refractivity (Wildman–Crippen MR) is 100 cm³/mol. The van der Waals surface area contributed by atoms with Gasteiger partial charge >= 0.3 is 0 Å². The van der Waals surface area contributed by atoms with Gasteiger partial charge in [0, 0.05) is 17.3 Å². The summed E-state index contributed by atoms with van der Waals surface area (Å²) < 4.78 is 10.8. The van der Waals surface area contributed by atoms with Crippen molar-refractivity contribution in [3.05, 3.63) is 81.9 Å². The third-order valence-electron chi connectivity index (χ3n) is 4.17. The molecule has 0 radical (unpaired) electrons. The summed E-state index contributed by atoms with van der Waals surface area (Å²) in [6.45, 7) is 4.05. The summed E-state index contributed by atoms with van der Waals surface area (Å²) in [5.74, 6) is 2.14. The summed E-state index contributed by atoms with van der Waals surface area (Å²) in [6.07, 6.45) is 0. The molecule has 0 aliphatic carbocycles. The average Bonchev–Trinajstić information content (AvgIpc) is 2.64. The Kier molecular flexibility index (Phi) is 4.89. The zero-order valence-electron chi connectivity index (χ0n) is 14.6. The van der Waals surface area contributed by atoms with Crippen LogP contribution in [0.2, 0.25) is 0 Å². The van der Waals surface area contributed by atoms with Gasteiger partial charge in [-0.05, 0) is 49.2 Å². The van der Waals surface area contributed by atoms with E-state index in [-0.39, 0.29) is 5.43 Å². The van der Waals surface area contributed by atoms with Gasteiger partial charge < -0.3 is 14.5 Å². The van der Waals surface area contributed by atoms with Crippen LogP contribution < -0.4 is 15.5 Å². The van der Waals surface area contributed by atoms with Gasteiger partial charge in [0.1, 0.15) is 17.3 Å². The molecule has 128 valence electrons. The number of anilines is 1. The number of benzene rings is 2. The lowest BCUT2D eigenvalue weighted by atomic mass is 10.1. The van der Waals surface area contributed by atoms with Crippen molar-refractivity contribution >= 4 is 5.69 Å². The van der Waals surface area contributed by atoms with Crippen LogP contribution in [0.3, 0.4) is 0 Å². The molecule has 0 unspecified atom stereocenters. The predicted octanol–water partition coefficient (Wildman–Crippen LogP) is 4.54. The van der Waals surface area contributed by atoms with Crippen LogP contribution >= 0.6 is 0 Å². The van der Waals surface area contributed by atoms with Crippen molar-refractivity contribution in [2.24, 2.45) is 0 Å². The SMILES string of the molecule is COc1ccc(-c2ccc(NCc3oc(C)cc(=O)c3C)cc2)cc1. The minimum Gasteiger partial charge on any atom is -0.497 e. The van der Waals surface area contributed by atoms with Crippen molar-refractivity contribution < 1.29 is 9.15 Å². The van der Waals surface area contributed by atoms with Crippen LogP contribution in [0, 0.1) is 13.8 Å². The Morgan fingerprint density at radius 1 is 0.960 bits per heavy atom. The molecule has 0 spiro atoms. The molecular weight excluding hydrogens is 314 g/mol. The number of hydrogen-bond donors (Lipinski definition) is 1. The highest BCUT2D eigenvalue weighted by atomic mass is 16.5. The first-order valence-electron chi connectivity index (χ1n) is 8.15. The maximum absolute atomic E-state index is 11.8. The largest absolute Gasteiger partial charge is 0.497 e. The topological polar surface area (TPSA) is 51.5 Å². The molecule has 0 saturated heterocycles. The van der Waals surface area contributed by atoms with Gasteiger partial charge in [-0.25, -0.2) is 0 Å². The van der Waals surface area contributed by atoms with Crippen LogP contribution in [0.5, 0.6) is 5.75 Å². The van der Waals surface area contributed by atoms with Gasteiger partial charge in [-0.2, -0.15) is 0 Å². The molecule has 0 fully saturated rings. The Balaban J connectivity index is 1.71. The smallest absolute Gasteiger partial charge is 0.188 e. The summed E-state index contributed by atoms with van der Waals surface area (Å²) >= 11 is 0. The summed E-state index contributed by atoms with van der Waals surface area (Å²) in [7, 11) is 1.66. The van der Waals surface area contributed by atoms with Crippen molar-refractivity contribution in [1.29, 1.82) is 0 Å².